The summed E-state index contributed by atoms with van der Waals surface area (Å²) in [6.45, 7) is 6.21. The van der Waals surface area contributed by atoms with Gasteiger partial charge in [-0.05, 0) is 29.9 Å². The van der Waals surface area contributed by atoms with Crippen LogP contribution in [0.5, 0.6) is 0 Å². The van der Waals surface area contributed by atoms with Gasteiger partial charge in [-0.25, -0.2) is 4.79 Å². The third-order valence-electron chi connectivity index (χ3n) is 2.09. The van der Waals surface area contributed by atoms with Crippen LogP contribution in [0.15, 0.2) is 11.4 Å². The molecule has 5 heteroatoms. The quantitative estimate of drug-likeness (QED) is 0.819. The van der Waals surface area contributed by atoms with Crippen LogP contribution < -0.4 is 5.32 Å². The Morgan fingerprint density at radius 3 is 2.71 bits per heavy atom. The second-order valence-corrected chi connectivity index (χ2v) is 5.12. The molecule has 1 N–H and O–H groups in total. The average Bonchev–Trinajstić information content (AvgIpc) is 2.69. The van der Waals surface area contributed by atoms with Gasteiger partial charge in [-0.15, -0.1) is 11.3 Å². The fourth-order valence-electron chi connectivity index (χ4n) is 1.15. The standard InChI is InChI=1S/C12H17NO3S/c1-8(2)6-13-10(14)7-16-12(15)11-9(3)4-5-17-11/h4-5,8H,6-7H2,1-3H3,(H,13,14). The smallest absolute Gasteiger partial charge is 0.349 e. The maximum Gasteiger partial charge on any atom is 0.349 e. The topological polar surface area (TPSA) is 55.4 Å². The van der Waals surface area contributed by atoms with Gasteiger partial charge in [0, 0.05) is 6.54 Å². The molecule has 0 unspecified atom stereocenters. The number of amides is 1. The molecule has 0 bridgehead atoms. The molecular formula is C12H17NO3S. The second-order valence-electron chi connectivity index (χ2n) is 4.21. The lowest BCUT2D eigenvalue weighted by Crippen LogP contribution is -2.31. The Hall–Kier alpha value is -1.36. The highest BCUT2D eigenvalue weighted by Crippen LogP contribution is 2.16. The van der Waals surface area contributed by atoms with Crippen molar-refractivity contribution in [2.45, 2.75) is 20.8 Å². The maximum absolute atomic E-state index is 11.6. The summed E-state index contributed by atoms with van der Waals surface area (Å²) >= 11 is 1.32. The molecule has 4 nitrogen and oxygen atoms in total. The van der Waals surface area contributed by atoms with Crippen LogP contribution in [0, 0.1) is 12.8 Å². The first-order valence-electron chi connectivity index (χ1n) is 5.48. The third-order valence-corrected chi connectivity index (χ3v) is 3.09. The van der Waals surface area contributed by atoms with Crippen LogP contribution in [-0.2, 0) is 9.53 Å². The lowest BCUT2D eigenvalue weighted by Gasteiger charge is -2.07. The van der Waals surface area contributed by atoms with Gasteiger partial charge in [-0.1, -0.05) is 13.8 Å². The molecule has 0 aliphatic rings. The molecule has 0 aromatic carbocycles. The Balaban J connectivity index is 2.34. The molecule has 0 radical (unpaired) electrons. The zero-order valence-corrected chi connectivity index (χ0v) is 11.1. The monoisotopic (exact) mass is 255 g/mol. The molecule has 0 spiro atoms. The average molecular weight is 255 g/mol. The minimum absolute atomic E-state index is 0.219. The van der Waals surface area contributed by atoms with Crippen molar-refractivity contribution in [3.05, 3.63) is 21.9 Å². The van der Waals surface area contributed by atoms with Crippen LogP contribution >= 0.6 is 11.3 Å². The molecule has 1 aromatic rings. The zero-order chi connectivity index (χ0) is 12.8. The van der Waals surface area contributed by atoms with E-state index in [9.17, 15) is 9.59 Å². The Labute approximate surface area is 105 Å². The van der Waals surface area contributed by atoms with E-state index in [0.29, 0.717) is 17.3 Å². The third kappa shape index (κ3) is 4.56. The number of ether oxygens (including phenoxy) is 1. The summed E-state index contributed by atoms with van der Waals surface area (Å²) in [4.78, 5) is 23.5. The summed E-state index contributed by atoms with van der Waals surface area (Å²) in [6.07, 6.45) is 0. The summed E-state index contributed by atoms with van der Waals surface area (Å²) in [5.74, 6) is -0.312. The van der Waals surface area contributed by atoms with E-state index in [1.165, 1.54) is 11.3 Å². The molecule has 1 rings (SSSR count). The summed E-state index contributed by atoms with van der Waals surface area (Å²) < 4.78 is 4.92. The van der Waals surface area contributed by atoms with Gasteiger partial charge in [0.05, 0.1) is 0 Å². The molecule has 0 saturated carbocycles. The first-order valence-corrected chi connectivity index (χ1v) is 6.36. The van der Waals surface area contributed by atoms with Crippen LogP contribution in [0.4, 0.5) is 0 Å². The Morgan fingerprint density at radius 2 is 2.18 bits per heavy atom. The molecule has 94 valence electrons. The Bertz CT molecular complexity index is 398. The number of nitrogens with one attached hydrogen (secondary N) is 1. The van der Waals surface area contributed by atoms with Crippen molar-refractivity contribution in [3.63, 3.8) is 0 Å². The van der Waals surface area contributed by atoms with E-state index in [1.807, 2.05) is 32.2 Å². The van der Waals surface area contributed by atoms with Crippen LogP contribution in [0.3, 0.4) is 0 Å². The highest BCUT2D eigenvalue weighted by atomic mass is 32.1. The lowest BCUT2D eigenvalue weighted by atomic mass is 10.2. The van der Waals surface area contributed by atoms with Crippen molar-refractivity contribution in [1.29, 1.82) is 0 Å². The van der Waals surface area contributed by atoms with E-state index in [-0.39, 0.29) is 12.5 Å². The Kier molecular flexibility index (Phi) is 5.15. The van der Waals surface area contributed by atoms with Gasteiger partial charge < -0.3 is 10.1 Å². The van der Waals surface area contributed by atoms with Gasteiger partial charge >= 0.3 is 5.97 Å². The number of carbonyl (C=O) groups excluding carboxylic acids is 2. The molecule has 0 saturated heterocycles. The molecule has 17 heavy (non-hydrogen) atoms. The van der Waals surface area contributed by atoms with Gasteiger partial charge in [0.1, 0.15) is 4.88 Å². The number of hydrogen-bond donors (Lipinski definition) is 1. The van der Waals surface area contributed by atoms with Crippen molar-refractivity contribution in [1.82, 2.24) is 5.32 Å². The fourth-order valence-corrected chi connectivity index (χ4v) is 1.96. The number of thiophene rings is 1. The summed E-state index contributed by atoms with van der Waals surface area (Å²) in [5, 5.41) is 4.51. The van der Waals surface area contributed by atoms with Crippen LogP contribution in [0.25, 0.3) is 0 Å². The fraction of sp³-hybridized carbons (Fsp3) is 0.500. The highest BCUT2D eigenvalue weighted by Gasteiger charge is 2.13. The lowest BCUT2D eigenvalue weighted by molar-refractivity contribution is -0.124. The second kappa shape index (κ2) is 6.39. The van der Waals surface area contributed by atoms with E-state index < -0.39 is 5.97 Å². The molecule has 1 aromatic heterocycles. The van der Waals surface area contributed by atoms with E-state index in [0.717, 1.165) is 5.56 Å². The first-order chi connectivity index (χ1) is 8.00. The highest BCUT2D eigenvalue weighted by molar-refractivity contribution is 7.12. The molecule has 0 atom stereocenters. The van der Waals surface area contributed by atoms with Crippen molar-refractivity contribution in [3.8, 4) is 0 Å². The van der Waals surface area contributed by atoms with Gasteiger partial charge in [0.15, 0.2) is 6.61 Å². The van der Waals surface area contributed by atoms with E-state index in [1.54, 1.807) is 0 Å². The van der Waals surface area contributed by atoms with Gasteiger partial charge in [0.2, 0.25) is 0 Å². The van der Waals surface area contributed by atoms with E-state index in [4.69, 9.17) is 4.74 Å². The number of hydrogen-bond acceptors (Lipinski definition) is 4. The minimum Gasteiger partial charge on any atom is -0.451 e. The molecule has 1 amide bonds. The van der Waals surface area contributed by atoms with Gasteiger partial charge in [-0.3, -0.25) is 4.79 Å². The van der Waals surface area contributed by atoms with Crippen LogP contribution in [0.2, 0.25) is 0 Å². The number of rotatable bonds is 5. The summed E-state index contributed by atoms with van der Waals surface area (Å²) in [5.41, 5.74) is 0.877. The van der Waals surface area contributed by atoms with Crippen molar-refractivity contribution < 1.29 is 14.3 Å². The van der Waals surface area contributed by atoms with Crippen molar-refractivity contribution in [2.75, 3.05) is 13.2 Å². The van der Waals surface area contributed by atoms with E-state index in [2.05, 4.69) is 5.32 Å². The van der Waals surface area contributed by atoms with Gasteiger partial charge in [0.25, 0.3) is 5.91 Å². The van der Waals surface area contributed by atoms with Crippen molar-refractivity contribution >= 4 is 23.2 Å². The maximum atomic E-state index is 11.6. The number of carbonyl (C=O) groups is 2. The van der Waals surface area contributed by atoms with E-state index >= 15 is 0 Å². The zero-order valence-electron chi connectivity index (χ0n) is 10.3. The van der Waals surface area contributed by atoms with Gasteiger partial charge in [-0.2, -0.15) is 0 Å². The van der Waals surface area contributed by atoms with Crippen molar-refractivity contribution in [2.24, 2.45) is 5.92 Å². The largest absolute Gasteiger partial charge is 0.451 e. The summed E-state index contributed by atoms with van der Waals surface area (Å²) in [7, 11) is 0. The van der Waals surface area contributed by atoms with Crippen LogP contribution in [0.1, 0.15) is 29.1 Å². The normalized spacial score (nSPS) is 10.4. The SMILES string of the molecule is Cc1ccsc1C(=O)OCC(=O)NCC(C)C. The molecule has 0 aliphatic heterocycles. The number of esters is 1. The molecule has 0 fully saturated rings. The summed E-state index contributed by atoms with van der Waals surface area (Å²) in [6, 6.07) is 1.85. The molecular weight excluding hydrogens is 238 g/mol. The predicted octanol–water partition coefficient (Wildman–Crippen LogP) is 1.99. The first kappa shape index (κ1) is 13.7. The van der Waals surface area contributed by atoms with Crippen LogP contribution in [-0.4, -0.2) is 25.0 Å². The molecule has 1 heterocycles. The minimum atomic E-state index is -0.433. The predicted molar refractivity (Wildman–Crippen MR) is 67.2 cm³/mol. The number of aryl methyl sites for hydroxylation is 1. The Morgan fingerprint density at radius 1 is 1.47 bits per heavy atom. The molecule has 0 aliphatic carbocycles.